The topological polar surface area (TPSA) is 115 Å². The lowest BCUT2D eigenvalue weighted by atomic mass is 9.82. The minimum absolute atomic E-state index is 0.0472. The third kappa shape index (κ3) is 3.45. The maximum atomic E-state index is 9.96. The molecule has 2 aromatic carbocycles. The van der Waals surface area contributed by atoms with Crippen molar-refractivity contribution in [3.63, 3.8) is 0 Å². The number of benzene rings is 2. The second-order valence-electron chi connectivity index (χ2n) is 6.82. The fraction of sp³-hybridized carbons (Fsp3) is 0.182. The molecule has 1 aliphatic heterocycles. The van der Waals surface area contributed by atoms with E-state index in [1.807, 2.05) is 0 Å². The Morgan fingerprint density at radius 2 is 1.72 bits per heavy atom. The molecular formula is C22H18Cl2N4O4. The molecule has 0 saturated heterocycles. The number of aromatic amines is 1. The molecule has 10 heteroatoms. The van der Waals surface area contributed by atoms with E-state index in [9.17, 15) is 5.26 Å². The van der Waals surface area contributed by atoms with Gasteiger partial charge >= 0.3 is 0 Å². The van der Waals surface area contributed by atoms with Gasteiger partial charge < -0.3 is 24.7 Å². The van der Waals surface area contributed by atoms with Crippen LogP contribution in [0.5, 0.6) is 23.1 Å². The fourth-order valence-corrected chi connectivity index (χ4v) is 4.00. The smallest absolute Gasteiger partial charge is 0.244 e. The largest absolute Gasteiger partial charge is 0.496 e. The Morgan fingerprint density at radius 3 is 2.34 bits per heavy atom. The normalized spacial score (nSPS) is 14.9. The standard InChI is InChI=1S/C22H18Cl2N4O4/c1-29-15-8-17(31-3)16(30-2)7-11(15)18-12(9-25)21(26)32-22-19(18)20(27-28-22)10-4-5-13(23)14(24)6-10/h4-8,18H,26H2,1-3H3,(H,27,28)/t18-/m1/s1. The van der Waals surface area contributed by atoms with E-state index in [2.05, 4.69) is 16.3 Å². The highest BCUT2D eigenvalue weighted by atomic mass is 35.5. The number of nitrogens with two attached hydrogens (primary N) is 1. The van der Waals surface area contributed by atoms with Crippen LogP contribution in [0.15, 0.2) is 41.8 Å². The summed E-state index contributed by atoms with van der Waals surface area (Å²) in [6, 6.07) is 10.8. The number of halogens is 2. The molecule has 4 rings (SSSR count). The molecule has 1 atom stereocenters. The van der Waals surface area contributed by atoms with Crippen LogP contribution in [0.25, 0.3) is 11.3 Å². The first-order valence-corrected chi connectivity index (χ1v) is 10.1. The van der Waals surface area contributed by atoms with Gasteiger partial charge in [-0.05, 0) is 18.2 Å². The summed E-state index contributed by atoms with van der Waals surface area (Å²) >= 11 is 12.3. The number of allylic oxidation sites excluding steroid dienone is 1. The zero-order valence-electron chi connectivity index (χ0n) is 17.3. The summed E-state index contributed by atoms with van der Waals surface area (Å²) in [5.74, 6) is 0.946. The Balaban J connectivity index is 2.01. The van der Waals surface area contributed by atoms with Gasteiger partial charge in [0.25, 0.3) is 0 Å². The van der Waals surface area contributed by atoms with Crippen LogP contribution < -0.4 is 24.7 Å². The molecule has 0 fully saturated rings. The maximum absolute atomic E-state index is 9.96. The Kier molecular flexibility index (Phi) is 5.78. The van der Waals surface area contributed by atoms with Gasteiger partial charge in [0.05, 0.1) is 48.5 Å². The van der Waals surface area contributed by atoms with Crippen molar-refractivity contribution in [2.45, 2.75) is 5.92 Å². The van der Waals surface area contributed by atoms with Gasteiger partial charge in [0.15, 0.2) is 11.5 Å². The highest BCUT2D eigenvalue weighted by molar-refractivity contribution is 6.42. The molecule has 0 radical (unpaired) electrons. The van der Waals surface area contributed by atoms with Crippen LogP contribution in [0.4, 0.5) is 0 Å². The molecule has 1 aromatic heterocycles. The lowest BCUT2D eigenvalue weighted by Crippen LogP contribution is -2.21. The van der Waals surface area contributed by atoms with Gasteiger partial charge in [-0.3, -0.25) is 5.10 Å². The van der Waals surface area contributed by atoms with Crippen molar-refractivity contribution in [3.05, 3.63) is 63.0 Å². The first-order valence-electron chi connectivity index (χ1n) is 9.34. The first kappa shape index (κ1) is 21.7. The van der Waals surface area contributed by atoms with E-state index in [0.717, 1.165) is 0 Å². The number of hydrogen-bond acceptors (Lipinski definition) is 7. The molecule has 0 aliphatic carbocycles. The Labute approximate surface area is 194 Å². The van der Waals surface area contributed by atoms with Gasteiger partial charge in [0.1, 0.15) is 17.4 Å². The average molecular weight is 473 g/mol. The summed E-state index contributed by atoms with van der Waals surface area (Å²) in [6.45, 7) is 0. The van der Waals surface area contributed by atoms with Gasteiger partial charge in [0, 0.05) is 17.2 Å². The van der Waals surface area contributed by atoms with Crippen LogP contribution in [-0.2, 0) is 0 Å². The predicted octanol–water partition coefficient (Wildman–Crippen LogP) is 4.63. The molecule has 0 amide bonds. The monoisotopic (exact) mass is 472 g/mol. The van der Waals surface area contributed by atoms with Gasteiger partial charge in [-0.2, -0.15) is 5.26 Å². The molecule has 0 unspecified atom stereocenters. The number of nitriles is 1. The zero-order chi connectivity index (χ0) is 23.0. The minimum atomic E-state index is -0.665. The Bertz CT molecular complexity index is 1280. The highest BCUT2D eigenvalue weighted by Gasteiger charge is 2.38. The van der Waals surface area contributed by atoms with Crippen LogP contribution in [0.2, 0.25) is 10.0 Å². The molecule has 2 heterocycles. The second-order valence-corrected chi connectivity index (χ2v) is 7.63. The van der Waals surface area contributed by atoms with Gasteiger partial charge in [-0.25, -0.2) is 0 Å². The van der Waals surface area contributed by atoms with Crippen molar-refractivity contribution < 1.29 is 18.9 Å². The van der Waals surface area contributed by atoms with Crippen LogP contribution in [0.1, 0.15) is 17.0 Å². The van der Waals surface area contributed by atoms with Gasteiger partial charge in [-0.1, -0.05) is 29.3 Å². The first-order chi connectivity index (χ1) is 15.4. The number of methoxy groups -OCH3 is 3. The number of nitrogens with zero attached hydrogens (tertiary/aromatic N) is 2. The van der Waals surface area contributed by atoms with E-state index in [4.69, 9.17) is 47.9 Å². The predicted molar refractivity (Wildman–Crippen MR) is 119 cm³/mol. The minimum Gasteiger partial charge on any atom is -0.496 e. The van der Waals surface area contributed by atoms with Crippen LogP contribution in [-0.4, -0.2) is 31.5 Å². The lowest BCUT2D eigenvalue weighted by molar-refractivity contribution is 0.346. The maximum Gasteiger partial charge on any atom is 0.244 e. The highest BCUT2D eigenvalue weighted by Crippen LogP contribution is 2.50. The average Bonchev–Trinajstić information content (AvgIpc) is 3.22. The molecule has 0 bridgehead atoms. The number of H-pyrrole nitrogens is 1. The number of nitrogens with one attached hydrogen (secondary N) is 1. The third-order valence-corrected chi connectivity index (χ3v) is 5.93. The molecule has 1 aliphatic rings. The molecule has 32 heavy (non-hydrogen) atoms. The van der Waals surface area contributed by atoms with Crippen molar-refractivity contribution in [1.29, 1.82) is 5.26 Å². The third-order valence-electron chi connectivity index (χ3n) is 5.19. The summed E-state index contributed by atoms with van der Waals surface area (Å²) in [5, 5.41) is 18.0. The molecule has 3 aromatic rings. The quantitative estimate of drug-likeness (QED) is 0.555. The second kappa shape index (κ2) is 8.54. The van der Waals surface area contributed by atoms with Gasteiger partial charge in [-0.15, -0.1) is 5.10 Å². The molecule has 3 N–H and O–H groups in total. The molecule has 8 nitrogen and oxygen atoms in total. The number of rotatable bonds is 5. The zero-order valence-corrected chi connectivity index (χ0v) is 18.8. The molecule has 0 spiro atoms. The lowest BCUT2D eigenvalue weighted by Gasteiger charge is -2.26. The van der Waals surface area contributed by atoms with E-state index in [1.165, 1.54) is 21.3 Å². The number of ether oxygens (including phenoxy) is 4. The summed E-state index contributed by atoms with van der Waals surface area (Å²) in [4.78, 5) is 0. The molecule has 164 valence electrons. The van der Waals surface area contributed by atoms with E-state index in [1.54, 1.807) is 30.3 Å². The fourth-order valence-electron chi connectivity index (χ4n) is 3.71. The van der Waals surface area contributed by atoms with Crippen LogP contribution in [0.3, 0.4) is 0 Å². The van der Waals surface area contributed by atoms with Crippen molar-refractivity contribution >= 4 is 23.2 Å². The summed E-state index contributed by atoms with van der Waals surface area (Å²) in [6.07, 6.45) is 0. The van der Waals surface area contributed by atoms with Crippen molar-refractivity contribution in [3.8, 4) is 40.5 Å². The van der Waals surface area contributed by atoms with E-state index >= 15 is 0 Å². The van der Waals surface area contributed by atoms with E-state index < -0.39 is 5.92 Å². The van der Waals surface area contributed by atoms with Crippen molar-refractivity contribution in [2.24, 2.45) is 5.73 Å². The number of fused-ring (bicyclic) bond motifs is 1. The molecule has 0 saturated carbocycles. The summed E-state index contributed by atoms with van der Waals surface area (Å²) < 4.78 is 22.1. The summed E-state index contributed by atoms with van der Waals surface area (Å²) in [7, 11) is 4.58. The van der Waals surface area contributed by atoms with Crippen LogP contribution >= 0.6 is 23.2 Å². The number of aromatic nitrogens is 2. The summed E-state index contributed by atoms with van der Waals surface area (Å²) in [5.41, 5.74) is 8.81. The van der Waals surface area contributed by atoms with Crippen molar-refractivity contribution in [1.82, 2.24) is 10.2 Å². The SMILES string of the molecule is COc1cc(OC)c([C@@H]2C(C#N)=C(N)Oc3n[nH]c(-c4ccc(Cl)c(Cl)c4)c32)cc1OC. The number of hydrogen-bond donors (Lipinski definition) is 2. The van der Waals surface area contributed by atoms with E-state index in [-0.39, 0.29) is 17.3 Å². The van der Waals surface area contributed by atoms with Crippen LogP contribution in [0, 0.1) is 11.3 Å². The molecular weight excluding hydrogens is 455 g/mol. The van der Waals surface area contributed by atoms with Gasteiger partial charge in [0.2, 0.25) is 11.8 Å². The Morgan fingerprint density at radius 1 is 1.03 bits per heavy atom. The van der Waals surface area contributed by atoms with Crippen molar-refractivity contribution in [2.75, 3.05) is 21.3 Å². The van der Waals surface area contributed by atoms with E-state index in [0.29, 0.717) is 49.7 Å². The Hall–Kier alpha value is -3.54.